The van der Waals surface area contributed by atoms with Crippen molar-refractivity contribution in [2.75, 3.05) is 24.5 Å². The first kappa shape index (κ1) is 15.6. The standard InChI is InChI=1S/C16H25ClN2O/c1-5-18-9-13-6-7-15(14(17)8-13)19-10-12(2)20-16(3,4)11-19/h6-8,12,18H,5,9-11H2,1-4H3. The van der Waals surface area contributed by atoms with Gasteiger partial charge in [-0.2, -0.15) is 0 Å². The van der Waals surface area contributed by atoms with Crippen LogP contribution in [0.25, 0.3) is 0 Å². The van der Waals surface area contributed by atoms with E-state index in [1.54, 1.807) is 0 Å². The number of benzene rings is 1. The van der Waals surface area contributed by atoms with Crippen LogP contribution in [0.15, 0.2) is 18.2 Å². The minimum atomic E-state index is -0.135. The predicted octanol–water partition coefficient (Wildman–Crippen LogP) is 3.45. The second-order valence-electron chi connectivity index (χ2n) is 6.13. The monoisotopic (exact) mass is 296 g/mol. The van der Waals surface area contributed by atoms with Crippen LogP contribution in [0.2, 0.25) is 5.02 Å². The van der Waals surface area contributed by atoms with Gasteiger partial charge in [-0.1, -0.05) is 24.6 Å². The van der Waals surface area contributed by atoms with E-state index < -0.39 is 0 Å². The summed E-state index contributed by atoms with van der Waals surface area (Å²) in [5, 5.41) is 4.14. The van der Waals surface area contributed by atoms with E-state index in [2.05, 4.69) is 56.1 Å². The van der Waals surface area contributed by atoms with E-state index in [-0.39, 0.29) is 11.7 Å². The molecule has 1 aliphatic heterocycles. The summed E-state index contributed by atoms with van der Waals surface area (Å²) in [6.07, 6.45) is 0.219. The maximum atomic E-state index is 6.47. The van der Waals surface area contributed by atoms with Crippen molar-refractivity contribution < 1.29 is 4.74 Å². The van der Waals surface area contributed by atoms with Gasteiger partial charge in [0.25, 0.3) is 0 Å². The van der Waals surface area contributed by atoms with Crippen LogP contribution in [0.5, 0.6) is 0 Å². The number of anilines is 1. The molecule has 1 heterocycles. The van der Waals surface area contributed by atoms with E-state index in [4.69, 9.17) is 16.3 Å². The van der Waals surface area contributed by atoms with E-state index in [9.17, 15) is 0 Å². The molecule has 1 unspecified atom stereocenters. The molecule has 1 fully saturated rings. The van der Waals surface area contributed by atoms with Crippen LogP contribution in [-0.4, -0.2) is 31.3 Å². The van der Waals surface area contributed by atoms with Crippen molar-refractivity contribution in [2.45, 2.75) is 45.9 Å². The highest BCUT2D eigenvalue weighted by Gasteiger charge is 2.32. The number of ether oxygens (including phenoxy) is 1. The third kappa shape index (κ3) is 3.87. The van der Waals surface area contributed by atoms with Crippen molar-refractivity contribution in [1.29, 1.82) is 0 Å². The van der Waals surface area contributed by atoms with Crippen molar-refractivity contribution in [2.24, 2.45) is 0 Å². The van der Waals surface area contributed by atoms with Crippen molar-refractivity contribution in [3.05, 3.63) is 28.8 Å². The van der Waals surface area contributed by atoms with E-state index in [0.717, 1.165) is 36.9 Å². The lowest BCUT2D eigenvalue weighted by Gasteiger charge is -2.43. The zero-order valence-electron chi connectivity index (χ0n) is 12.9. The summed E-state index contributed by atoms with van der Waals surface area (Å²) < 4.78 is 5.95. The highest BCUT2D eigenvalue weighted by molar-refractivity contribution is 6.33. The Morgan fingerprint density at radius 1 is 1.45 bits per heavy atom. The van der Waals surface area contributed by atoms with Gasteiger partial charge in [0.15, 0.2) is 0 Å². The molecule has 1 aromatic rings. The zero-order valence-corrected chi connectivity index (χ0v) is 13.6. The van der Waals surface area contributed by atoms with Crippen LogP contribution < -0.4 is 10.2 Å². The number of nitrogens with zero attached hydrogens (tertiary/aromatic N) is 1. The third-order valence-electron chi connectivity index (χ3n) is 3.50. The van der Waals surface area contributed by atoms with Crippen molar-refractivity contribution >= 4 is 17.3 Å². The van der Waals surface area contributed by atoms with Gasteiger partial charge >= 0.3 is 0 Å². The molecule has 1 aliphatic rings. The van der Waals surface area contributed by atoms with Gasteiger partial charge in [-0.05, 0) is 45.0 Å². The first-order valence-corrected chi connectivity index (χ1v) is 7.71. The lowest BCUT2D eigenvalue weighted by atomic mass is 10.0. The van der Waals surface area contributed by atoms with E-state index in [0.29, 0.717) is 0 Å². The fraction of sp³-hybridized carbons (Fsp3) is 0.625. The molecule has 0 amide bonds. The summed E-state index contributed by atoms with van der Waals surface area (Å²) in [4.78, 5) is 2.33. The van der Waals surface area contributed by atoms with E-state index >= 15 is 0 Å². The largest absolute Gasteiger partial charge is 0.369 e. The second-order valence-corrected chi connectivity index (χ2v) is 6.54. The first-order chi connectivity index (χ1) is 9.41. The molecule has 0 radical (unpaired) electrons. The molecule has 0 bridgehead atoms. The highest BCUT2D eigenvalue weighted by Crippen LogP contribution is 2.31. The average Bonchev–Trinajstić information content (AvgIpc) is 2.33. The third-order valence-corrected chi connectivity index (χ3v) is 3.80. The number of hydrogen-bond acceptors (Lipinski definition) is 3. The van der Waals surface area contributed by atoms with Gasteiger partial charge in [-0.15, -0.1) is 0 Å². The average molecular weight is 297 g/mol. The fourth-order valence-electron chi connectivity index (χ4n) is 2.82. The Morgan fingerprint density at radius 2 is 2.20 bits per heavy atom. The second kappa shape index (κ2) is 6.33. The topological polar surface area (TPSA) is 24.5 Å². The van der Waals surface area contributed by atoms with Crippen LogP contribution in [0, 0.1) is 0 Å². The van der Waals surface area contributed by atoms with Crippen molar-refractivity contribution in [3.63, 3.8) is 0 Å². The molecule has 1 saturated heterocycles. The Morgan fingerprint density at radius 3 is 2.80 bits per heavy atom. The van der Waals surface area contributed by atoms with Gasteiger partial charge < -0.3 is 15.0 Å². The summed E-state index contributed by atoms with van der Waals surface area (Å²) >= 11 is 6.47. The van der Waals surface area contributed by atoms with Crippen molar-refractivity contribution in [1.82, 2.24) is 5.32 Å². The lowest BCUT2D eigenvalue weighted by Crippen LogP contribution is -2.52. The number of nitrogens with one attached hydrogen (secondary N) is 1. The molecular formula is C16H25ClN2O. The SMILES string of the molecule is CCNCc1ccc(N2CC(C)OC(C)(C)C2)c(Cl)c1. The minimum Gasteiger partial charge on any atom is -0.369 e. The predicted molar refractivity (Wildman–Crippen MR) is 85.7 cm³/mol. The molecule has 0 aromatic heterocycles. The Labute approximate surface area is 127 Å². The Kier molecular flexibility index (Phi) is 4.95. The normalized spacial score (nSPS) is 22.1. The molecular weight excluding hydrogens is 272 g/mol. The van der Waals surface area contributed by atoms with Crippen LogP contribution in [-0.2, 0) is 11.3 Å². The Hall–Kier alpha value is -0.770. The molecule has 3 nitrogen and oxygen atoms in total. The first-order valence-electron chi connectivity index (χ1n) is 7.33. The summed E-state index contributed by atoms with van der Waals surface area (Å²) in [5.41, 5.74) is 2.19. The summed E-state index contributed by atoms with van der Waals surface area (Å²) in [7, 11) is 0. The lowest BCUT2D eigenvalue weighted by molar-refractivity contribution is -0.0749. The van der Waals surface area contributed by atoms with Crippen LogP contribution in [0.4, 0.5) is 5.69 Å². The van der Waals surface area contributed by atoms with Gasteiger partial charge in [-0.25, -0.2) is 0 Å². The number of morpholine rings is 1. The number of halogens is 1. The molecule has 4 heteroatoms. The number of hydrogen-bond donors (Lipinski definition) is 1. The van der Waals surface area contributed by atoms with Gasteiger partial charge in [0.05, 0.1) is 22.4 Å². The molecule has 112 valence electrons. The van der Waals surface area contributed by atoms with E-state index in [1.165, 1.54) is 5.56 Å². The van der Waals surface area contributed by atoms with Gasteiger partial charge in [0, 0.05) is 19.6 Å². The van der Waals surface area contributed by atoms with Crippen LogP contribution in [0.3, 0.4) is 0 Å². The summed E-state index contributed by atoms with van der Waals surface area (Å²) in [6, 6.07) is 6.34. The maximum absolute atomic E-state index is 6.47. The molecule has 0 aliphatic carbocycles. The summed E-state index contributed by atoms with van der Waals surface area (Å²) in [5.74, 6) is 0. The number of rotatable bonds is 4. The molecule has 0 saturated carbocycles. The zero-order chi connectivity index (χ0) is 14.8. The molecule has 20 heavy (non-hydrogen) atoms. The Bertz CT molecular complexity index is 462. The fourth-order valence-corrected chi connectivity index (χ4v) is 3.15. The molecule has 2 rings (SSSR count). The molecule has 1 N–H and O–H groups in total. The summed E-state index contributed by atoms with van der Waals surface area (Å²) in [6.45, 7) is 12.1. The van der Waals surface area contributed by atoms with Gasteiger partial charge in [0.1, 0.15) is 0 Å². The Balaban J connectivity index is 2.16. The smallest absolute Gasteiger partial charge is 0.0805 e. The van der Waals surface area contributed by atoms with Crippen LogP contribution >= 0.6 is 11.6 Å². The van der Waals surface area contributed by atoms with E-state index in [1.807, 2.05) is 0 Å². The van der Waals surface area contributed by atoms with Crippen LogP contribution in [0.1, 0.15) is 33.3 Å². The van der Waals surface area contributed by atoms with Gasteiger partial charge in [0.2, 0.25) is 0 Å². The quantitative estimate of drug-likeness (QED) is 0.921. The maximum Gasteiger partial charge on any atom is 0.0805 e. The molecule has 1 aromatic carbocycles. The van der Waals surface area contributed by atoms with Gasteiger partial charge in [-0.3, -0.25) is 0 Å². The highest BCUT2D eigenvalue weighted by atomic mass is 35.5. The minimum absolute atomic E-state index is 0.135. The molecule has 1 atom stereocenters. The van der Waals surface area contributed by atoms with Crippen molar-refractivity contribution in [3.8, 4) is 0 Å². The molecule has 0 spiro atoms.